The maximum absolute atomic E-state index is 14.9. The highest BCUT2D eigenvalue weighted by molar-refractivity contribution is 7.98. The average molecular weight is 498 g/mol. The molecule has 0 aliphatic heterocycles. The average Bonchev–Trinajstić information content (AvgIpc) is 3.15. The molecule has 1 aromatic carbocycles. The Morgan fingerprint density at radius 3 is 2.79 bits per heavy atom. The lowest BCUT2D eigenvalue weighted by molar-refractivity contribution is 0.509. The summed E-state index contributed by atoms with van der Waals surface area (Å²) >= 11 is 2.84. The van der Waals surface area contributed by atoms with Gasteiger partial charge in [-0.1, -0.05) is 30.8 Å². The van der Waals surface area contributed by atoms with E-state index in [1.165, 1.54) is 27.3 Å². The molecule has 5 rings (SSSR count). The molecule has 2 N–H and O–H groups in total. The van der Waals surface area contributed by atoms with Gasteiger partial charge in [-0.2, -0.15) is 15.0 Å². The standard InChI is InChI=1S/C23H24FN7OS2/c1-12-8-9-13-16(10-12)34-19-18(13)20(32)31(15-7-5-4-6-14(15)24)23(28-19)33-11-17-26-21(25)29-22(27-17)30(2)3/h4-7,12H,8-11H2,1-3H3,(H2,25,26,27,29). The van der Waals surface area contributed by atoms with E-state index in [-0.39, 0.29) is 17.2 Å². The Balaban J connectivity index is 1.64. The van der Waals surface area contributed by atoms with Gasteiger partial charge in [0.1, 0.15) is 16.5 Å². The maximum atomic E-state index is 14.9. The number of rotatable bonds is 5. The number of nitrogen functional groups attached to an aromatic ring is 1. The molecule has 0 bridgehead atoms. The minimum absolute atomic E-state index is 0.115. The number of fused-ring (bicyclic) bond motifs is 3. The SMILES string of the molecule is CC1CCc2c(sc3nc(SCc4nc(N)nc(N(C)C)n4)n(-c4ccccc4F)c(=O)c23)C1. The topological polar surface area (TPSA) is 103 Å². The summed E-state index contributed by atoms with van der Waals surface area (Å²) in [5, 5.41) is 0.999. The number of para-hydroxylation sites is 1. The molecule has 176 valence electrons. The van der Waals surface area contributed by atoms with Gasteiger partial charge in [0.05, 0.1) is 16.8 Å². The third-order valence-electron chi connectivity index (χ3n) is 5.81. The second kappa shape index (κ2) is 8.95. The van der Waals surface area contributed by atoms with Crippen molar-refractivity contribution in [1.82, 2.24) is 24.5 Å². The van der Waals surface area contributed by atoms with E-state index in [1.807, 2.05) is 14.1 Å². The van der Waals surface area contributed by atoms with Crippen molar-refractivity contribution < 1.29 is 4.39 Å². The zero-order valence-electron chi connectivity index (χ0n) is 19.1. The molecule has 0 saturated heterocycles. The largest absolute Gasteiger partial charge is 0.368 e. The lowest BCUT2D eigenvalue weighted by atomic mass is 9.89. The number of thiophene rings is 1. The van der Waals surface area contributed by atoms with Crippen LogP contribution in [0.5, 0.6) is 0 Å². The minimum atomic E-state index is -0.482. The molecule has 8 nitrogen and oxygen atoms in total. The number of anilines is 2. The summed E-state index contributed by atoms with van der Waals surface area (Å²) in [5.41, 5.74) is 6.86. The molecule has 0 amide bonds. The van der Waals surface area contributed by atoms with Gasteiger partial charge in [-0.3, -0.25) is 9.36 Å². The van der Waals surface area contributed by atoms with Crippen LogP contribution in [0.4, 0.5) is 16.3 Å². The number of benzene rings is 1. The number of aromatic nitrogens is 5. The molecule has 3 aromatic heterocycles. The molecule has 11 heteroatoms. The molecular formula is C23H24FN7OS2. The molecule has 0 spiro atoms. The van der Waals surface area contributed by atoms with E-state index in [0.29, 0.717) is 38.8 Å². The number of halogens is 1. The van der Waals surface area contributed by atoms with E-state index in [9.17, 15) is 9.18 Å². The Labute approximate surface area is 204 Å². The number of aryl methyl sites for hydroxylation is 1. The number of hydrogen-bond acceptors (Lipinski definition) is 9. The first kappa shape index (κ1) is 22.7. The number of hydrogen-bond donors (Lipinski definition) is 1. The van der Waals surface area contributed by atoms with Crippen molar-refractivity contribution in [1.29, 1.82) is 0 Å². The quantitative estimate of drug-likeness (QED) is 0.328. The lowest BCUT2D eigenvalue weighted by Gasteiger charge is -2.18. The van der Waals surface area contributed by atoms with Crippen molar-refractivity contribution in [3.8, 4) is 5.69 Å². The van der Waals surface area contributed by atoms with E-state index < -0.39 is 5.82 Å². The second-order valence-electron chi connectivity index (χ2n) is 8.61. The van der Waals surface area contributed by atoms with Crippen molar-refractivity contribution in [2.75, 3.05) is 24.7 Å². The van der Waals surface area contributed by atoms with E-state index in [0.717, 1.165) is 24.8 Å². The summed E-state index contributed by atoms with van der Waals surface area (Å²) in [7, 11) is 3.63. The molecule has 3 heterocycles. The van der Waals surface area contributed by atoms with Gasteiger partial charge in [0.25, 0.3) is 5.56 Å². The van der Waals surface area contributed by atoms with Gasteiger partial charge in [-0.05, 0) is 42.9 Å². The Morgan fingerprint density at radius 1 is 1.24 bits per heavy atom. The first-order chi connectivity index (χ1) is 16.3. The van der Waals surface area contributed by atoms with Gasteiger partial charge in [0.2, 0.25) is 11.9 Å². The molecule has 1 unspecified atom stereocenters. The Kier molecular flexibility index (Phi) is 5.98. The summed E-state index contributed by atoms with van der Waals surface area (Å²) in [6, 6.07) is 6.26. The van der Waals surface area contributed by atoms with Gasteiger partial charge < -0.3 is 10.6 Å². The van der Waals surface area contributed by atoms with Crippen LogP contribution >= 0.6 is 23.1 Å². The Bertz CT molecular complexity index is 1450. The fourth-order valence-corrected chi connectivity index (χ4v) is 6.42. The van der Waals surface area contributed by atoms with Crippen molar-refractivity contribution in [3.05, 3.63) is 56.7 Å². The monoisotopic (exact) mass is 497 g/mol. The van der Waals surface area contributed by atoms with E-state index in [2.05, 4.69) is 21.9 Å². The summed E-state index contributed by atoms with van der Waals surface area (Å²) < 4.78 is 16.2. The first-order valence-corrected chi connectivity index (χ1v) is 12.7. The summed E-state index contributed by atoms with van der Waals surface area (Å²) in [6.07, 6.45) is 2.81. The zero-order chi connectivity index (χ0) is 24.0. The van der Waals surface area contributed by atoms with Gasteiger partial charge in [0.15, 0.2) is 5.16 Å². The predicted molar refractivity (Wildman–Crippen MR) is 134 cm³/mol. The second-order valence-corrected chi connectivity index (χ2v) is 10.6. The molecular weight excluding hydrogens is 473 g/mol. The van der Waals surface area contributed by atoms with Crippen LogP contribution in [-0.4, -0.2) is 38.6 Å². The molecule has 0 saturated carbocycles. The highest BCUT2D eigenvalue weighted by Crippen LogP contribution is 2.37. The number of nitrogens with zero attached hydrogens (tertiary/aromatic N) is 6. The Morgan fingerprint density at radius 2 is 2.03 bits per heavy atom. The number of nitrogens with two attached hydrogens (primary N) is 1. The van der Waals surface area contributed by atoms with Crippen LogP contribution in [0.15, 0.2) is 34.2 Å². The van der Waals surface area contributed by atoms with E-state index >= 15 is 0 Å². The first-order valence-electron chi connectivity index (χ1n) is 10.9. The summed E-state index contributed by atoms with van der Waals surface area (Å²) in [5.74, 6) is 1.40. The molecule has 0 fully saturated rings. The maximum Gasteiger partial charge on any atom is 0.267 e. The van der Waals surface area contributed by atoms with Crippen molar-refractivity contribution >= 4 is 45.2 Å². The van der Waals surface area contributed by atoms with Crippen molar-refractivity contribution in [3.63, 3.8) is 0 Å². The van der Waals surface area contributed by atoms with Crippen LogP contribution in [0.1, 0.15) is 29.6 Å². The molecule has 1 aliphatic rings. The fourth-order valence-electron chi connectivity index (χ4n) is 4.13. The van der Waals surface area contributed by atoms with Crippen LogP contribution in [0, 0.1) is 11.7 Å². The number of thioether (sulfide) groups is 1. The van der Waals surface area contributed by atoms with Gasteiger partial charge in [0, 0.05) is 19.0 Å². The molecule has 34 heavy (non-hydrogen) atoms. The molecule has 4 aromatic rings. The molecule has 0 radical (unpaired) electrons. The van der Waals surface area contributed by atoms with Crippen molar-refractivity contribution in [2.45, 2.75) is 37.1 Å². The summed E-state index contributed by atoms with van der Waals surface area (Å²) in [4.78, 5) is 35.1. The minimum Gasteiger partial charge on any atom is -0.368 e. The highest BCUT2D eigenvalue weighted by Gasteiger charge is 2.26. The van der Waals surface area contributed by atoms with Gasteiger partial charge in [-0.15, -0.1) is 11.3 Å². The van der Waals surface area contributed by atoms with Crippen molar-refractivity contribution in [2.24, 2.45) is 5.92 Å². The van der Waals surface area contributed by atoms with Gasteiger partial charge >= 0.3 is 0 Å². The molecule has 1 aliphatic carbocycles. The van der Waals surface area contributed by atoms with Crippen LogP contribution < -0.4 is 16.2 Å². The fraction of sp³-hybridized carbons (Fsp3) is 0.348. The summed E-state index contributed by atoms with van der Waals surface area (Å²) in [6.45, 7) is 2.22. The predicted octanol–water partition coefficient (Wildman–Crippen LogP) is 3.84. The normalized spacial score (nSPS) is 15.5. The highest BCUT2D eigenvalue weighted by atomic mass is 32.2. The van der Waals surface area contributed by atoms with E-state index in [1.54, 1.807) is 34.4 Å². The zero-order valence-corrected chi connectivity index (χ0v) is 20.7. The third-order valence-corrected chi connectivity index (χ3v) is 7.89. The smallest absolute Gasteiger partial charge is 0.267 e. The van der Waals surface area contributed by atoms with Crippen LogP contribution in [0.25, 0.3) is 15.9 Å². The molecule has 1 atom stereocenters. The Hall–Kier alpha value is -3.05. The van der Waals surface area contributed by atoms with Crippen LogP contribution in [0.2, 0.25) is 0 Å². The van der Waals surface area contributed by atoms with Gasteiger partial charge in [-0.25, -0.2) is 9.37 Å². The van der Waals surface area contributed by atoms with E-state index in [4.69, 9.17) is 10.7 Å². The van der Waals surface area contributed by atoms with Crippen LogP contribution in [-0.2, 0) is 18.6 Å². The lowest BCUT2D eigenvalue weighted by Crippen LogP contribution is -2.23. The third kappa shape index (κ3) is 4.14. The van der Waals surface area contributed by atoms with Crippen LogP contribution in [0.3, 0.4) is 0 Å².